The van der Waals surface area contributed by atoms with Gasteiger partial charge in [0, 0.05) is 18.7 Å². The maximum atomic E-state index is 12.3. The minimum absolute atomic E-state index is 0.0378. The van der Waals surface area contributed by atoms with Gasteiger partial charge in [0.1, 0.15) is 6.04 Å². The lowest BCUT2D eigenvalue weighted by Crippen LogP contribution is -2.43. The molecule has 114 valence electrons. The number of aliphatic carboxylic acids is 1. The van der Waals surface area contributed by atoms with Gasteiger partial charge in [-0.3, -0.25) is 0 Å². The summed E-state index contributed by atoms with van der Waals surface area (Å²) >= 11 is 0. The molecule has 1 aromatic carbocycles. The van der Waals surface area contributed by atoms with Gasteiger partial charge in [0.15, 0.2) is 0 Å². The lowest BCUT2D eigenvalue weighted by atomic mass is 10.1. The predicted molar refractivity (Wildman–Crippen MR) is 78.3 cm³/mol. The highest BCUT2D eigenvalue weighted by molar-refractivity contribution is 5.94. The number of benzene rings is 1. The van der Waals surface area contributed by atoms with E-state index in [0.717, 1.165) is 23.2 Å². The largest absolute Gasteiger partial charge is 0.480 e. The van der Waals surface area contributed by atoms with Crippen molar-refractivity contribution in [2.24, 2.45) is 0 Å². The predicted octanol–water partition coefficient (Wildman–Crippen LogP) is 1.61. The molecule has 0 bridgehead atoms. The number of nitrogens with one attached hydrogen (secondary N) is 1. The number of rotatable bonds is 3. The topological polar surface area (TPSA) is 89.9 Å². The van der Waals surface area contributed by atoms with Crippen molar-refractivity contribution in [2.75, 3.05) is 11.9 Å². The van der Waals surface area contributed by atoms with Crippen LogP contribution in [0.2, 0.25) is 0 Å². The van der Waals surface area contributed by atoms with Crippen LogP contribution >= 0.6 is 0 Å². The average molecular weight is 292 g/mol. The van der Waals surface area contributed by atoms with Crippen LogP contribution in [0.1, 0.15) is 24.5 Å². The molecule has 1 saturated heterocycles. The molecule has 0 aromatic heterocycles. The summed E-state index contributed by atoms with van der Waals surface area (Å²) in [6.45, 7) is 3.92. The number of carbonyl (C=O) groups excluding carboxylic acids is 1. The van der Waals surface area contributed by atoms with Crippen LogP contribution in [0.15, 0.2) is 18.2 Å². The minimum Gasteiger partial charge on any atom is -0.480 e. The van der Waals surface area contributed by atoms with Crippen LogP contribution in [0, 0.1) is 6.92 Å². The number of aliphatic hydroxyl groups is 1. The number of β-amino-alcohol motifs (C(OH)–C–C–N with tert-alkyl or cyclic N) is 1. The lowest BCUT2D eigenvalue weighted by Gasteiger charge is -2.23. The number of amides is 2. The number of hydrogen-bond acceptors (Lipinski definition) is 3. The van der Waals surface area contributed by atoms with Gasteiger partial charge >= 0.3 is 12.0 Å². The van der Waals surface area contributed by atoms with Crippen molar-refractivity contribution >= 4 is 17.7 Å². The number of carboxylic acids is 1. The number of nitrogens with zero attached hydrogens (tertiary/aromatic N) is 1. The second kappa shape index (κ2) is 6.13. The molecule has 0 aliphatic carbocycles. The fraction of sp³-hybridized carbons (Fsp3) is 0.467. The monoisotopic (exact) mass is 292 g/mol. The van der Waals surface area contributed by atoms with E-state index < -0.39 is 24.1 Å². The fourth-order valence-electron chi connectivity index (χ4n) is 2.65. The Morgan fingerprint density at radius 3 is 2.76 bits per heavy atom. The summed E-state index contributed by atoms with van der Waals surface area (Å²) in [5.74, 6) is -1.10. The Balaban J connectivity index is 2.20. The molecular formula is C15H20N2O4. The van der Waals surface area contributed by atoms with Gasteiger partial charge in [-0.25, -0.2) is 9.59 Å². The Morgan fingerprint density at radius 2 is 2.14 bits per heavy atom. The SMILES string of the molecule is CCc1cccc(C)c1NC(=O)N1C[C@H](O)C[C@@H]1C(=O)O. The van der Waals surface area contributed by atoms with Crippen LogP contribution in [0.5, 0.6) is 0 Å². The summed E-state index contributed by atoms with van der Waals surface area (Å²) in [6.07, 6.45) is 0.0405. The molecule has 0 unspecified atom stereocenters. The molecule has 1 aromatic rings. The summed E-state index contributed by atoms with van der Waals surface area (Å²) in [4.78, 5) is 24.7. The number of aliphatic hydroxyl groups excluding tert-OH is 1. The first-order valence-electron chi connectivity index (χ1n) is 7.01. The smallest absolute Gasteiger partial charge is 0.326 e. The number of carbonyl (C=O) groups is 2. The van der Waals surface area contributed by atoms with Crippen molar-refractivity contribution in [2.45, 2.75) is 38.8 Å². The molecule has 1 fully saturated rings. The molecule has 1 heterocycles. The highest BCUT2D eigenvalue weighted by atomic mass is 16.4. The van der Waals surface area contributed by atoms with Gasteiger partial charge < -0.3 is 20.4 Å². The number of aryl methyl sites for hydroxylation is 2. The van der Waals surface area contributed by atoms with E-state index in [4.69, 9.17) is 5.11 Å². The lowest BCUT2D eigenvalue weighted by molar-refractivity contribution is -0.141. The zero-order chi connectivity index (χ0) is 15.6. The average Bonchev–Trinajstić information content (AvgIpc) is 2.83. The normalized spacial score (nSPS) is 21.4. The molecule has 1 aliphatic heterocycles. The van der Waals surface area contributed by atoms with Crippen LogP contribution in [0.3, 0.4) is 0 Å². The van der Waals surface area contributed by atoms with E-state index >= 15 is 0 Å². The Morgan fingerprint density at radius 1 is 1.43 bits per heavy atom. The van der Waals surface area contributed by atoms with E-state index in [0.29, 0.717) is 0 Å². The molecule has 0 saturated carbocycles. The molecule has 0 radical (unpaired) electrons. The summed E-state index contributed by atoms with van der Waals surface area (Å²) in [6, 6.07) is 4.28. The van der Waals surface area contributed by atoms with E-state index in [-0.39, 0.29) is 13.0 Å². The van der Waals surface area contributed by atoms with Gasteiger partial charge in [0.25, 0.3) is 0 Å². The van der Waals surface area contributed by atoms with E-state index in [9.17, 15) is 14.7 Å². The molecule has 2 atom stereocenters. The molecule has 0 spiro atoms. The zero-order valence-corrected chi connectivity index (χ0v) is 12.2. The standard InChI is InChI=1S/C15H20N2O4/c1-3-10-6-4-5-9(2)13(10)16-15(21)17-8-11(18)7-12(17)14(19)20/h4-6,11-12,18H,3,7-8H2,1-2H3,(H,16,21)(H,19,20)/t11-,12-/m1/s1. The molecule has 1 aliphatic rings. The van der Waals surface area contributed by atoms with Crippen molar-refractivity contribution in [1.82, 2.24) is 4.90 Å². The van der Waals surface area contributed by atoms with Crippen molar-refractivity contribution in [3.63, 3.8) is 0 Å². The first kappa shape index (κ1) is 15.3. The Labute approximate surface area is 123 Å². The third-order valence-corrected chi connectivity index (χ3v) is 3.80. The first-order valence-corrected chi connectivity index (χ1v) is 7.01. The van der Waals surface area contributed by atoms with E-state index in [1.165, 1.54) is 4.90 Å². The van der Waals surface area contributed by atoms with Crippen LogP contribution in [0.4, 0.5) is 10.5 Å². The molecule has 21 heavy (non-hydrogen) atoms. The highest BCUT2D eigenvalue weighted by Crippen LogP contribution is 2.24. The molecule has 3 N–H and O–H groups in total. The third kappa shape index (κ3) is 3.16. The van der Waals surface area contributed by atoms with Crippen LogP contribution in [-0.4, -0.2) is 45.8 Å². The van der Waals surface area contributed by atoms with Crippen molar-refractivity contribution < 1.29 is 19.8 Å². The van der Waals surface area contributed by atoms with Crippen LogP contribution < -0.4 is 5.32 Å². The third-order valence-electron chi connectivity index (χ3n) is 3.80. The summed E-state index contributed by atoms with van der Waals surface area (Å²) in [5, 5.41) is 21.5. The zero-order valence-electron chi connectivity index (χ0n) is 12.2. The van der Waals surface area contributed by atoms with Gasteiger partial charge in [0.2, 0.25) is 0 Å². The Kier molecular flexibility index (Phi) is 4.47. The Hall–Kier alpha value is -2.08. The second-order valence-corrected chi connectivity index (χ2v) is 5.29. The highest BCUT2D eigenvalue weighted by Gasteiger charge is 2.39. The molecule has 6 heteroatoms. The maximum Gasteiger partial charge on any atom is 0.326 e. The second-order valence-electron chi connectivity index (χ2n) is 5.29. The minimum atomic E-state index is -1.10. The van der Waals surface area contributed by atoms with Crippen molar-refractivity contribution in [1.29, 1.82) is 0 Å². The number of anilines is 1. The van der Waals surface area contributed by atoms with E-state index in [2.05, 4.69) is 5.32 Å². The first-order chi connectivity index (χ1) is 9.93. The summed E-state index contributed by atoms with van der Waals surface area (Å²) in [7, 11) is 0. The van der Waals surface area contributed by atoms with Gasteiger partial charge in [-0.15, -0.1) is 0 Å². The van der Waals surface area contributed by atoms with Gasteiger partial charge in [-0.1, -0.05) is 25.1 Å². The number of para-hydroxylation sites is 1. The molecule has 2 rings (SSSR count). The number of hydrogen-bond donors (Lipinski definition) is 3. The quantitative estimate of drug-likeness (QED) is 0.789. The number of urea groups is 1. The Bertz CT molecular complexity index is 559. The van der Waals surface area contributed by atoms with E-state index in [1.807, 2.05) is 32.0 Å². The molecule has 6 nitrogen and oxygen atoms in total. The molecular weight excluding hydrogens is 272 g/mol. The van der Waals surface area contributed by atoms with Gasteiger partial charge in [-0.2, -0.15) is 0 Å². The number of likely N-dealkylation sites (tertiary alicyclic amines) is 1. The number of carboxylic acid groups (broad SMARTS) is 1. The molecule has 2 amide bonds. The fourth-order valence-corrected chi connectivity index (χ4v) is 2.65. The van der Waals surface area contributed by atoms with Crippen molar-refractivity contribution in [3.8, 4) is 0 Å². The van der Waals surface area contributed by atoms with E-state index in [1.54, 1.807) is 0 Å². The van der Waals surface area contributed by atoms with Gasteiger partial charge in [-0.05, 0) is 24.5 Å². The van der Waals surface area contributed by atoms with Gasteiger partial charge in [0.05, 0.1) is 6.10 Å². The van der Waals surface area contributed by atoms with Crippen molar-refractivity contribution in [3.05, 3.63) is 29.3 Å². The summed E-state index contributed by atoms with van der Waals surface area (Å²) < 4.78 is 0. The summed E-state index contributed by atoms with van der Waals surface area (Å²) in [5.41, 5.74) is 2.64. The maximum absolute atomic E-state index is 12.3. The van der Waals surface area contributed by atoms with Crippen LogP contribution in [-0.2, 0) is 11.2 Å². The van der Waals surface area contributed by atoms with Crippen LogP contribution in [0.25, 0.3) is 0 Å².